The molecule has 2 aromatic carbocycles. The molecule has 0 bridgehead atoms. The number of carbonyl (C=O) groups excluding carboxylic acids is 2. The molecule has 1 aromatic heterocycles. The molecule has 0 saturated heterocycles. The van der Waals surface area contributed by atoms with Crippen molar-refractivity contribution in [2.45, 2.75) is 26.8 Å². The monoisotopic (exact) mass is 492 g/mol. The Morgan fingerprint density at radius 2 is 1.89 bits per heavy atom. The molecule has 1 aliphatic heterocycles. The van der Waals surface area contributed by atoms with Gasteiger partial charge in [-0.3, -0.25) is 14.2 Å². The second kappa shape index (κ2) is 10.1. The van der Waals surface area contributed by atoms with Crippen molar-refractivity contribution in [3.05, 3.63) is 90.6 Å². The molecule has 3 aromatic rings. The quantitative estimate of drug-likeness (QED) is 0.388. The van der Waals surface area contributed by atoms with Crippen molar-refractivity contribution in [2.24, 2.45) is 4.99 Å². The number of carbonyl (C=O) groups is 2. The number of rotatable bonds is 6. The molecule has 35 heavy (non-hydrogen) atoms. The Morgan fingerprint density at radius 1 is 1.14 bits per heavy atom. The Bertz CT molecular complexity index is 1500. The minimum atomic E-state index is -0.802. The first kappa shape index (κ1) is 24.2. The minimum Gasteiger partial charge on any atom is -0.493 e. The summed E-state index contributed by atoms with van der Waals surface area (Å²) >= 11 is 1.25. The number of ether oxygens (including phenoxy) is 3. The normalized spacial score (nSPS) is 15.3. The molecule has 1 unspecified atom stereocenters. The zero-order chi connectivity index (χ0) is 25.1. The smallest absolute Gasteiger partial charge is 0.338 e. The molecule has 1 aliphatic rings. The van der Waals surface area contributed by atoms with Crippen LogP contribution in [0.1, 0.15) is 37.9 Å². The van der Waals surface area contributed by atoms with E-state index in [1.54, 1.807) is 38.1 Å². The maximum atomic E-state index is 13.6. The fraction of sp³-hybridized carbons (Fsp3) is 0.231. The van der Waals surface area contributed by atoms with Gasteiger partial charge in [0.25, 0.3) is 5.56 Å². The highest BCUT2D eigenvalue weighted by Gasteiger charge is 2.34. The molecule has 0 fully saturated rings. The van der Waals surface area contributed by atoms with Crippen LogP contribution in [0.25, 0.3) is 6.08 Å². The van der Waals surface area contributed by atoms with Gasteiger partial charge < -0.3 is 14.2 Å². The third-order valence-electron chi connectivity index (χ3n) is 5.37. The van der Waals surface area contributed by atoms with Gasteiger partial charge in [-0.15, -0.1) is 0 Å². The predicted molar refractivity (Wildman–Crippen MR) is 131 cm³/mol. The van der Waals surface area contributed by atoms with E-state index in [4.69, 9.17) is 14.2 Å². The van der Waals surface area contributed by atoms with Crippen molar-refractivity contribution >= 4 is 29.4 Å². The van der Waals surface area contributed by atoms with Gasteiger partial charge in [-0.2, -0.15) is 0 Å². The lowest BCUT2D eigenvalue weighted by Crippen LogP contribution is -2.40. The van der Waals surface area contributed by atoms with Gasteiger partial charge in [0.1, 0.15) is 0 Å². The van der Waals surface area contributed by atoms with E-state index in [2.05, 4.69) is 4.99 Å². The van der Waals surface area contributed by atoms with Crippen molar-refractivity contribution in [3.8, 4) is 11.5 Å². The van der Waals surface area contributed by atoms with Crippen LogP contribution in [-0.2, 0) is 14.3 Å². The maximum Gasteiger partial charge on any atom is 0.338 e. The maximum absolute atomic E-state index is 13.6. The van der Waals surface area contributed by atoms with Crippen molar-refractivity contribution in [1.29, 1.82) is 0 Å². The number of hydrogen-bond donors (Lipinski definition) is 0. The molecule has 180 valence electrons. The average molecular weight is 493 g/mol. The van der Waals surface area contributed by atoms with Crippen LogP contribution < -0.4 is 24.4 Å². The van der Waals surface area contributed by atoms with Gasteiger partial charge in [0.2, 0.25) is 0 Å². The standard InChI is InChI=1S/C26H24N2O6S/c1-5-33-25(31)22-15(2)27-26-28(24(30)21(35-26)13-17-9-7-6-8-10-17)23(22)18-11-12-19(34-16(3)29)20(14-18)32-4/h6-14,23H,5H2,1-4H3/b21-13+. The highest BCUT2D eigenvalue weighted by Crippen LogP contribution is 2.36. The van der Waals surface area contributed by atoms with Crippen LogP contribution in [0.5, 0.6) is 11.5 Å². The summed E-state index contributed by atoms with van der Waals surface area (Å²) in [7, 11) is 1.45. The first-order chi connectivity index (χ1) is 16.8. The molecule has 0 amide bonds. The van der Waals surface area contributed by atoms with E-state index in [9.17, 15) is 14.4 Å². The van der Waals surface area contributed by atoms with Crippen LogP contribution in [0, 0.1) is 0 Å². The van der Waals surface area contributed by atoms with Crippen LogP contribution in [0.4, 0.5) is 0 Å². The van der Waals surface area contributed by atoms with Gasteiger partial charge in [0, 0.05) is 6.92 Å². The largest absolute Gasteiger partial charge is 0.493 e. The molecule has 1 atom stereocenters. The fourth-order valence-corrected chi connectivity index (χ4v) is 4.95. The van der Waals surface area contributed by atoms with E-state index in [1.165, 1.54) is 29.9 Å². The van der Waals surface area contributed by atoms with Gasteiger partial charge >= 0.3 is 11.9 Å². The van der Waals surface area contributed by atoms with E-state index in [-0.39, 0.29) is 23.5 Å². The molecule has 4 rings (SSSR count). The Balaban J connectivity index is 1.95. The van der Waals surface area contributed by atoms with Gasteiger partial charge in [0.05, 0.1) is 35.6 Å². The summed E-state index contributed by atoms with van der Waals surface area (Å²) in [6, 6.07) is 13.6. The lowest BCUT2D eigenvalue weighted by Gasteiger charge is -2.25. The zero-order valence-electron chi connectivity index (χ0n) is 19.7. The number of allylic oxidation sites excluding steroid dienone is 1. The number of aromatic nitrogens is 1. The van der Waals surface area contributed by atoms with Crippen molar-refractivity contribution in [3.63, 3.8) is 0 Å². The summed E-state index contributed by atoms with van der Waals surface area (Å²) in [6.45, 7) is 4.91. The van der Waals surface area contributed by atoms with Crippen LogP contribution in [0.15, 0.2) is 69.6 Å². The van der Waals surface area contributed by atoms with Crippen LogP contribution >= 0.6 is 11.3 Å². The lowest BCUT2D eigenvalue weighted by atomic mass is 9.95. The Labute approximate surface area is 205 Å². The third kappa shape index (κ3) is 4.81. The van der Waals surface area contributed by atoms with Gasteiger partial charge in [0.15, 0.2) is 16.3 Å². The van der Waals surface area contributed by atoms with Crippen molar-refractivity contribution < 1.29 is 23.8 Å². The van der Waals surface area contributed by atoms with E-state index in [0.717, 1.165) is 5.56 Å². The van der Waals surface area contributed by atoms with Gasteiger partial charge in [-0.05, 0) is 43.2 Å². The SMILES string of the molecule is CCOC(=O)C1=C(C)N=c2s/c(=C/c3ccccc3)c(=O)n2C1c1ccc(OC(C)=O)c(OC)c1. The number of hydrogen-bond acceptors (Lipinski definition) is 8. The fourth-order valence-electron chi connectivity index (χ4n) is 3.90. The number of methoxy groups -OCH3 is 1. The molecular formula is C26H24N2O6S. The van der Waals surface area contributed by atoms with E-state index in [1.807, 2.05) is 30.3 Å². The average Bonchev–Trinajstić information content (AvgIpc) is 3.13. The summed E-state index contributed by atoms with van der Waals surface area (Å²) in [5, 5.41) is 0. The molecule has 0 saturated carbocycles. The first-order valence-electron chi connectivity index (χ1n) is 10.9. The van der Waals surface area contributed by atoms with Crippen LogP contribution in [0.2, 0.25) is 0 Å². The zero-order valence-corrected chi connectivity index (χ0v) is 20.5. The highest BCUT2D eigenvalue weighted by molar-refractivity contribution is 7.07. The van der Waals surface area contributed by atoms with E-state index < -0.39 is 18.0 Å². The molecule has 0 aliphatic carbocycles. The Hall–Kier alpha value is -3.98. The first-order valence-corrected chi connectivity index (χ1v) is 11.8. The van der Waals surface area contributed by atoms with Crippen molar-refractivity contribution in [1.82, 2.24) is 4.57 Å². The lowest BCUT2D eigenvalue weighted by molar-refractivity contribution is -0.139. The molecule has 8 nitrogen and oxygen atoms in total. The summed E-state index contributed by atoms with van der Waals surface area (Å²) < 4.78 is 17.9. The molecule has 9 heteroatoms. The van der Waals surface area contributed by atoms with Gasteiger partial charge in [-0.1, -0.05) is 47.7 Å². The third-order valence-corrected chi connectivity index (χ3v) is 6.35. The van der Waals surface area contributed by atoms with Gasteiger partial charge in [-0.25, -0.2) is 9.79 Å². The number of benzene rings is 2. The number of nitrogens with zero attached hydrogens (tertiary/aromatic N) is 2. The number of thiazole rings is 1. The molecule has 2 heterocycles. The van der Waals surface area contributed by atoms with Crippen LogP contribution in [0.3, 0.4) is 0 Å². The molecule has 0 radical (unpaired) electrons. The topological polar surface area (TPSA) is 96.2 Å². The number of fused-ring (bicyclic) bond motifs is 1. The summed E-state index contributed by atoms with van der Waals surface area (Å²) in [5.74, 6) is -0.521. The highest BCUT2D eigenvalue weighted by atomic mass is 32.1. The Morgan fingerprint density at radius 3 is 2.54 bits per heavy atom. The molecular weight excluding hydrogens is 468 g/mol. The minimum absolute atomic E-state index is 0.176. The Kier molecular flexibility index (Phi) is 6.97. The molecule has 0 N–H and O–H groups in total. The van der Waals surface area contributed by atoms with E-state index in [0.29, 0.717) is 26.3 Å². The van der Waals surface area contributed by atoms with Crippen LogP contribution in [-0.4, -0.2) is 30.2 Å². The second-order valence-electron chi connectivity index (χ2n) is 7.72. The van der Waals surface area contributed by atoms with E-state index >= 15 is 0 Å². The summed E-state index contributed by atoms with van der Waals surface area (Å²) in [5.41, 5.74) is 1.90. The van der Waals surface area contributed by atoms with Crippen molar-refractivity contribution in [2.75, 3.05) is 13.7 Å². The molecule has 0 spiro atoms. The summed E-state index contributed by atoms with van der Waals surface area (Å²) in [6.07, 6.45) is 1.80. The second-order valence-corrected chi connectivity index (χ2v) is 8.73. The number of esters is 2. The summed E-state index contributed by atoms with van der Waals surface area (Å²) in [4.78, 5) is 43.1. The predicted octanol–water partition coefficient (Wildman–Crippen LogP) is 2.73.